The molecule has 0 aliphatic rings. The quantitative estimate of drug-likeness (QED) is 0.818. The molecule has 4 nitrogen and oxygen atoms in total. The monoisotopic (exact) mass is 301 g/mol. The Labute approximate surface area is 94.5 Å². The third-order valence-corrected chi connectivity index (χ3v) is 2.36. The smallest absolute Gasteiger partial charge is 0.222 e. The standard InChI is InChI=1S/C9H8IN3O/c1-6(14)11-8-5-13-4-7(10)2-3-9(13)12-8/h2-5H,1H3,(H,11,14). The zero-order chi connectivity index (χ0) is 10.1. The van der Waals surface area contributed by atoms with Gasteiger partial charge < -0.3 is 9.72 Å². The van der Waals surface area contributed by atoms with Crippen LogP contribution in [0.1, 0.15) is 6.92 Å². The van der Waals surface area contributed by atoms with E-state index in [1.165, 1.54) is 6.92 Å². The number of fused-ring (bicyclic) bond motifs is 1. The molecule has 0 aliphatic carbocycles. The Morgan fingerprint density at radius 1 is 1.50 bits per heavy atom. The molecule has 5 heteroatoms. The molecule has 2 aromatic heterocycles. The fourth-order valence-electron chi connectivity index (χ4n) is 1.21. The number of imidazole rings is 1. The van der Waals surface area contributed by atoms with Crippen LogP contribution >= 0.6 is 22.6 Å². The van der Waals surface area contributed by atoms with Crippen molar-refractivity contribution in [3.8, 4) is 0 Å². The highest BCUT2D eigenvalue weighted by Gasteiger charge is 2.02. The number of nitrogens with one attached hydrogen (secondary N) is 1. The minimum atomic E-state index is -0.108. The van der Waals surface area contributed by atoms with Crippen molar-refractivity contribution in [1.82, 2.24) is 9.38 Å². The fraction of sp³-hybridized carbons (Fsp3) is 0.111. The molecule has 72 valence electrons. The Morgan fingerprint density at radius 3 is 3.00 bits per heavy atom. The van der Waals surface area contributed by atoms with Crippen molar-refractivity contribution in [1.29, 1.82) is 0 Å². The molecule has 2 heterocycles. The third kappa shape index (κ3) is 1.87. The predicted molar refractivity (Wildman–Crippen MR) is 62.2 cm³/mol. The minimum absolute atomic E-state index is 0.108. The summed E-state index contributed by atoms with van der Waals surface area (Å²) in [6.07, 6.45) is 3.74. The lowest BCUT2D eigenvalue weighted by molar-refractivity contribution is -0.114. The Morgan fingerprint density at radius 2 is 2.29 bits per heavy atom. The first-order chi connectivity index (χ1) is 6.65. The molecule has 14 heavy (non-hydrogen) atoms. The Hall–Kier alpha value is -1.11. The summed E-state index contributed by atoms with van der Waals surface area (Å²) in [4.78, 5) is 15.0. The van der Waals surface area contributed by atoms with E-state index in [4.69, 9.17) is 0 Å². The SMILES string of the molecule is CC(=O)Nc1cn2cc(I)ccc2n1. The first kappa shape index (κ1) is 9.45. The van der Waals surface area contributed by atoms with Gasteiger partial charge in [-0.1, -0.05) is 0 Å². The number of aromatic nitrogens is 2. The lowest BCUT2D eigenvalue weighted by Crippen LogP contribution is -2.05. The van der Waals surface area contributed by atoms with Gasteiger partial charge in [0.15, 0.2) is 5.82 Å². The van der Waals surface area contributed by atoms with Crippen molar-refractivity contribution in [3.05, 3.63) is 28.1 Å². The van der Waals surface area contributed by atoms with Gasteiger partial charge >= 0.3 is 0 Å². The normalized spacial score (nSPS) is 10.4. The molecule has 0 fully saturated rings. The molecule has 0 unspecified atom stereocenters. The number of hydrogen-bond donors (Lipinski definition) is 1. The van der Waals surface area contributed by atoms with E-state index in [0.717, 1.165) is 9.22 Å². The molecular weight excluding hydrogens is 293 g/mol. The molecule has 1 N–H and O–H groups in total. The van der Waals surface area contributed by atoms with E-state index in [-0.39, 0.29) is 5.91 Å². The highest BCUT2D eigenvalue weighted by atomic mass is 127. The van der Waals surface area contributed by atoms with Gasteiger partial charge in [0, 0.05) is 16.7 Å². The molecule has 0 aliphatic heterocycles. The largest absolute Gasteiger partial charge is 0.310 e. The number of carbonyl (C=O) groups excluding carboxylic acids is 1. The molecule has 0 bridgehead atoms. The van der Waals surface area contributed by atoms with Crippen molar-refractivity contribution in [2.24, 2.45) is 0 Å². The van der Waals surface area contributed by atoms with Crippen LogP contribution in [-0.4, -0.2) is 15.3 Å². The minimum Gasteiger partial charge on any atom is -0.310 e. The maximum Gasteiger partial charge on any atom is 0.222 e. The summed E-state index contributed by atoms with van der Waals surface area (Å²) < 4.78 is 3.01. The molecule has 2 aromatic rings. The van der Waals surface area contributed by atoms with Crippen LogP contribution in [0.25, 0.3) is 5.65 Å². The molecule has 0 saturated heterocycles. The van der Waals surface area contributed by atoms with Gasteiger partial charge in [-0.3, -0.25) is 4.79 Å². The Balaban J connectivity index is 2.46. The number of anilines is 1. The van der Waals surface area contributed by atoms with Crippen molar-refractivity contribution in [2.45, 2.75) is 6.92 Å². The molecule has 1 amide bonds. The first-order valence-electron chi connectivity index (χ1n) is 4.07. The summed E-state index contributed by atoms with van der Waals surface area (Å²) in [5.41, 5.74) is 0.828. The second-order valence-electron chi connectivity index (χ2n) is 2.92. The van der Waals surface area contributed by atoms with E-state index in [1.54, 1.807) is 6.20 Å². The molecular formula is C9H8IN3O. The van der Waals surface area contributed by atoms with Gasteiger partial charge in [-0.15, -0.1) is 0 Å². The Bertz CT molecular complexity index is 492. The van der Waals surface area contributed by atoms with Crippen LogP contribution in [-0.2, 0) is 4.79 Å². The number of rotatable bonds is 1. The van der Waals surface area contributed by atoms with Gasteiger partial charge in [-0.2, -0.15) is 0 Å². The van der Waals surface area contributed by atoms with Crippen LogP contribution in [0.5, 0.6) is 0 Å². The maximum absolute atomic E-state index is 10.8. The van der Waals surface area contributed by atoms with E-state index >= 15 is 0 Å². The van der Waals surface area contributed by atoms with Crippen LogP contribution < -0.4 is 5.32 Å². The molecule has 0 spiro atoms. The number of nitrogens with zero attached hydrogens (tertiary/aromatic N) is 2. The lowest BCUT2D eigenvalue weighted by atomic mass is 10.5. The van der Waals surface area contributed by atoms with E-state index in [1.807, 2.05) is 22.7 Å². The second kappa shape index (κ2) is 3.56. The summed E-state index contributed by atoms with van der Waals surface area (Å²) in [6, 6.07) is 3.88. The van der Waals surface area contributed by atoms with Crippen LogP contribution in [0.4, 0.5) is 5.82 Å². The molecule has 0 saturated carbocycles. The summed E-state index contributed by atoms with van der Waals surface area (Å²) >= 11 is 2.23. The number of hydrogen-bond acceptors (Lipinski definition) is 2. The average Bonchev–Trinajstić information content (AvgIpc) is 2.44. The number of pyridine rings is 1. The molecule has 0 radical (unpaired) electrons. The average molecular weight is 301 g/mol. The summed E-state index contributed by atoms with van der Waals surface area (Å²) in [5, 5.41) is 2.64. The number of halogens is 1. The van der Waals surface area contributed by atoms with Gasteiger partial charge in [0.2, 0.25) is 5.91 Å². The topological polar surface area (TPSA) is 46.4 Å². The number of carbonyl (C=O) groups is 1. The first-order valence-corrected chi connectivity index (χ1v) is 5.15. The van der Waals surface area contributed by atoms with Crippen LogP contribution in [0.3, 0.4) is 0 Å². The van der Waals surface area contributed by atoms with E-state index in [0.29, 0.717) is 5.82 Å². The van der Waals surface area contributed by atoms with Crippen LogP contribution in [0.15, 0.2) is 24.5 Å². The summed E-state index contributed by atoms with van der Waals surface area (Å²) in [5.74, 6) is 0.475. The van der Waals surface area contributed by atoms with Crippen molar-refractivity contribution in [3.63, 3.8) is 0 Å². The second-order valence-corrected chi connectivity index (χ2v) is 4.17. The van der Waals surface area contributed by atoms with E-state index in [9.17, 15) is 4.79 Å². The van der Waals surface area contributed by atoms with Crippen molar-refractivity contribution < 1.29 is 4.79 Å². The highest BCUT2D eigenvalue weighted by Crippen LogP contribution is 2.12. The van der Waals surface area contributed by atoms with E-state index < -0.39 is 0 Å². The molecule has 0 aromatic carbocycles. The Kier molecular flexibility index (Phi) is 2.40. The van der Waals surface area contributed by atoms with Crippen LogP contribution in [0.2, 0.25) is 0 Å². The zero-order valence-corrected chi connectivity index (χ0v) is 9.65. The van der Waals surface area contributed by atoms with Gasteiger partial charge in [-0.05, 0) is 34.7 Å². The zero-order valence-electron chi connectivity index (χ0n) is 7.49. The van der Waals surface area contributed by atoms with Crippen molar-refractivity contribution in [2.75, 3.05) is 5.32 Å². The highest BCUT2D eigenvalue weighted by molar-refractivity contribution is 14.1. The van der Waals surface area contributed by atoms with Crippen LogP contribution in [0, 0.1) is 3.57 Å². The predicted octanol–water partition coefficient (Wildman–Crippen LogP) is 1.90. The molecule has 2 rings (SSSR count). The lowest BCUT2D eigenvalue weighted by Gasteiger charge is -1.92. The van der Waals surface area contributed by atoms with Gasteiger partial charge in [0.1, 0.15) is 5.65 Å². The molecule has 0 atom stereocenters. The maximum atomic E-state index is 10.8. The van der Waals surface area contributed by atoms with Gasteiger partial charge in [0.05, 0.1) is 6.20 Å². The fourth-order valence-corrected chi connectivity index (χ4v) is 1.69. The summed E-state index contributed by atoms with van der Waals surface area (Å²) in [6.45, 7) is 1.47. The third-order valence-electron chi connectivity index (χ3n) is 1.72. The number of amides is 1. The van der Waals surface area contributed by atoms with Gasteiger partial charge in [0.25, 0.3) is 0 Å². The van der Waals surface area contributed by atoms with E-state index in [2.05, 4.69) is 32.9 Å². The van der Waals surface area contributed by atoms with Crippen molar-refractivity contribution >= 4 is 40.0 Å². The summed E-state index contributed by atoms with van der Waals surface area (Å²) in [7, 11) is 0. The van der Waals surface area contributed by atoms with Gasteiger partial charge in [-0.25, -0.2) is 4.98 Å².